The van der Waals surface area contributed by atoms with Crippen LogP contribution in [0.5, 0.6) is 5.75 Å². The molecule has 3 rings (SSSR count). The van der Waals surface area contributed by atoms with Gasteiger partial charge in [0.2, 0.25) is 0 Å². The molecule has 0 unspecified atom stereocenters. The van der Waals surface area contributed by atoms with E-state index in [1.807, 2.05) is 37.3 Å². The molecule has 1 heterocycles. The van der Waals surface area contributed by atoms with Gasteiger partial charge in [-0.2, -0.15) is 0 Å². The Labute approximate surface area is 133 Å². The van der Waals surface area contributed by atoms with Gasteiger partial charge < -0.3 is 10.5 Å². The fraction of sp³-hybridized carbons (Fsp3) is 0.176. The molecule has 0 bridgehead atoms. The highest BCUT2D eigenvalue weighted by Crippen LogP contribution is 2.32. The number of nitrogens with two attached hydrogens (primary N) is 1. The molecule has 3 aromatic rings. The van der Waals surface area contributed by atoms with Gasteiger partial charge in [0.05, 0.1) is 0 Å². The standard InChI is InChI=1S/C17H16ClNOS/c1-11-6-7-12(18)8-15(11)20-10-14-13-4-2-3-5-16(13)21-17(14)9-19/h2-8H,9-10,19H2,1H3. The lowest BCUT2D eigenvalue weighted by Crippen LogP contribution is -2.02. The Hall–Kier alpha value is -1.55. The Morgan fingerprint density at radius 3 is 2.81 bits per heavy atom. The molecular weight excluding hydrogens is 302 g/mol. The van der Waals surface area contributed by atoms with Gasteiger partial charge in [-0.05, 0) is 36.1 Å². The quantitative estimate of drug-likeness (QED) is 0.742. The maximum absolute atomic E-state index is 6.03. The number of hydrogen-bond acceptors (Lipinski definition) is 3. The van der Waals surface area contributed by atoms with Crippen LogP contribution >= 0.6 is 22.9 Å². The minimum Gasteiger partial charge on any atom is -0.489 e. The van der Waals surface area contributed by atoms with E-state index in [2.05, 4.69) is 12.1 Å². The zero-order valence-electron chi connectivity index (χ0n) is 11.7. The minimum atomic E-state index is 0.512. The highest BCUT2D eigenvalue weighted by Gasteiger charge is 2.12. The van der Waals surface area contributed by atoms with Gasteiger partial charge in [-0.3, -0.25) is 0 Å². The van der Waals surface area contributed by atoms with Crippen LogP contribution in [0.15, 0.2) is 42.5 Å². The summed E-state index contributed by atoms with van der Waals surface area (Å²) in [4.78, 5) is 1.18. The average Bonchev–Trinajstić information content (AvgIpc) is 2.86. The zero-order valence-corrected chi connectivity index (χ0v) is 13.3. The molecule has 21 heavy (non-hydrogen) atoms. The monoisotopic (exact) mass is 317 g/mol. The van der Waals surface area contributed by atoms with E-state index >= 15 is 0 Å². The predicted octanol–water partition coefficient (Wildman–Crippen LogP) is 4.90. The largest absolute Gasteiger partial charge is 0.489 e. The summed E-state index contributed by atoms with van der Waals surface area (Å²) in [5.74, 6) is 0.820. The summed E-state index contributed by atoms with van der Waals surface area (Å²) in [6, 6.07) is 14.0. The maximum atomic E-state index is 6.03. The first-order valence-electron chi connectivity index (χ1n) is 6.77. The molecule has 0 saturated heterocycles. The highest BCUT2D eigenvalue weighted by molar-refractivity contribution is 7.19. The zero-order chi connectivity index (χ0) is 14.8. The maximum Gasteiger partial charge on any atom is 0.124 e. The fourth-order valence-electron chi connectivity index (χ4n) is 2.35. The van der Waals surface area contributed by atoms with Crippen LogP contribution < -0.4 is 10.5 Å². The third-order valence-corrected chi connectivity index (χ3v) is 4.96. The van der Waals surface area contributed by atoms with E-state index in [1.54, 1.807) is 11.3 Å². The number of ether oxygens (including phenoxy) is 1. The van der Waals surface area contributed by atoms with Crippen molar-refractivity contribution >= 4 is 33.0 Å². The first kappa shape index (κ1) is 14.4. The predicted molar refractivity (Wildman–Crippen MR) is 90.2 cm³/mol. The van der Waals surface area contributed by atoms with Crippen LogP contribution in [0, 0.1) is 6.92 Å². The van der Waals surface area contributed by atoms with Crippen LogP contribution in [0.3, 0.4) is 0 Å². The van der Waals surface area contributed by atoms with E-state index in [4.69, 9.17) is 22.1 Å². The highest BCUT2D eigenvalue weighted by atomic mass is 35.5. The van der Waals surface area contributed by atoms with E-state index in [0.29, 0.717) is 18.2 Å². The van der Waals surface area contributed by atoms with Crippen LogP contribution in [0.1, 0.15) is 16.0 Å². The van der Waals surface area contributed by atoms with Gasteiger partial charge >= 0.3 is 0 Å². The van der Waals surface area contributed by atoms with Crippen molar-refractivity contribution in [2.75, 3.05) is 0 Å². The lowest BCUT2D eigenvalue weighted by atomic mass is 10.1. The van der Waals surface area contributed by atoms with E-state index < -0.39 is 0 Å². The molecule has 0 radical (unpaired) electrons. The van der Waals surface area contributed by atoms with Crippen molar-refractivity contribution in [1.29, 1.82) is 0 Å². The second-order valence-corrected chi connectivity index (χ2v) is 6.48. The number of aryl methyl sites for hydroxylation is 1. The second kappa shape index (κ2) is 6.06. The van der Waals surface area contributed by atoms with Crippen molar-refractivity contribution in [3.05, 3.63) is 63.5 Å². The van der Waals surface area contributed by atoms with Gasteiger partial charge in [-0.25, -0.2) is 0 Å². The summed E-state index contributed by atoms with van der Waals surface area (Å²) >= 11 is 7.77. The van der Waals surface area contributed by atoms with E-state index in [1.165, 1.54) is 20.5 Å². The molecule has 0 aliphatic rings. The summed E-state index contributed by atoms with van der Waals surface area (Å²) in [6.45, 7) is 3.06. The van der Waals surface area contributed by atoms with Crippen LogP contribution in [0.2, 0.25) is 5.02 Å². The lowest BCUT2D eigenvalue weighted by molar-refractivity contribution is 0.305. The van der Waals surface area contributed by atoms with E-state index in [-0.39, 0.29) is 0 Å². The Morgan fingerprint density at radius 2 is 2.00 bits per heavy atom. The van der Waals surface area contributed by atoms with Crippen molar-refractivity contribution in [2.24, 2.45) is 5.73 Å². The SMILES string of the molecule is Cc1ccc(Cl)cc1OCc1c(CN)sc2ccccc12. The van der Waals surface area contributed by atoms with Crippen molar-refractivity contribution in [1.82, 2.24) is 0 Å². The molecular formula is C17H16ClNOS. The van der Waals surface area contributed by atoms with Crippen LogP contribution in [0.25, 0.3) is 10.1 Å². The number of fused-ring (bicyclic) bond motifs is 1. The van der Waals surface area contributed by atoms with Crippen molar-refractivity contribution in [2.45, 2.75) is 20.1 Å². The molecule has 0 saturated carbocycles. The average molecular weight is 318 g/mol. The Morgan fingerprint density at radius 1 is 1.19 bits per heavy atom. The van der Waals surface area contributed by atoms with Gasteiger partial charge in [0.1, 0.15) is 12.4 Å². The first-order chi connectivity index (χ1) is 10.2. The minimum absolute atomic E-state index is 0.512. The van der Waals surface area contributed by atoms with Crippen molar-refractivity contribution in [3.63, 3.8) is 0 Å². The Kier molecular flexibility index (Phi) is 4.15. The molecule has 2 aromatic carbocycles. The smallest absolute Gasteiger partial charge is 0.124 e. The first-order valence-corrected chi connectivity index (χ1v) is 7.97. The normalized spacial score (nSPS) is 11.0. The molecule has 108 valence electrons. The number of thiophene rings is 1. The van der Waals surface area contributed by atoms with Crippen molar-refractivity contribution in [3.8, 4) is 5.75 Å². The molecule has 0 spiro atoms. The van der Waals surface area contributed by atoms with Gasteiger partial charge in [0.15, 0.2) is 0 Å². The second-order valence-electron chi connectivity index (χ2n) is 4.90. The molecule has 0 amide bonds. The number of halogens is 1. The topological polar surface area (TPSA) is 35.2 Å². The van der Waals surface area contributed by atoms with Crippen LogP contribution in [-0.4, -0.2) is 0 Å². The van der Waals surface area contributed by atoms with Gasteiger partial charge in [-0.1, -0.05) is 35.9 Å². The summed E-state index contributed by atoms with van der Waals surface area (Å²) in [7, 11) is 0. The van der Waals surface area contributed by atoms with Crippen molar-refractivity contribution < 1.29 is 4.74 Å². The number of rotatable bonds is 4. The molecule has 1 aromatic heterocycles. The van der Waals surface area contributed by atoms with Gasteiger partial charge in [-0.15, -0.1) is 11.3 Å². The van der Waals surface area contributed by atoms with E-state index in [0.717, 1.165) is 11.3 Å². The fourth-order valence-corrected chi connectivity index (χ4v) is 3.60. The van der Waals surface area contributed by atoms with Gasteiger partial charge in [0, 0.05) is 26.7 Å². The Bertz CT molecular complexity index is 782. The molecule has 2 N–H and O–H groups in total. The molecule has 4 heteroatoms. The molecule has 0 aliphatic heterocycles. The third kappa shape index (κ3) is 2.91. The van der Waals surface area contributed by atoms with Crippen LogP contribution in [0.4, 0.5) is 0 Å². The summed E-state index contributed by atoms with van der Waals surface area (Å²) in [5.41, 5.74) is 8.13. The Balaban J connectivity index is 1.93. The summed E-state index contributed by atoms with van der Waals surface area (Å²) in [6.07, 6.45) is 0. The summed E-state index contributed by atoms with van der Waals surface area (Å²) in [5, 5.41) is 1.91. The molecule has 0 fully saturated rings. The molecule has 0 aliphatic carbocycles. The van der Waals surface area contributed by atoms with E-state index in [9.17, 15) is 0 Å². The van der Waals surface area contributed by atoms with Crippen LogP contribution in [-0.2, 0) is 13.2 Å². The van der Waals surface area contributed by atoms with Gasteiger partial charge in [0.25, 0.3) is 0 Å². The molecule has 2 nitrogen and oxygen atoms in total. The third-order valence-electron chi connectivity index (χ3n) is 3.49. The molecule has 0 atom stereocenters. The lowest BCUT2D eigenvalue weighted by Gasteiger charge is -2.10. The number of hydrogen-bond donors (Lipinski definition) is 1. The summed E-state index contributed by atoms with van der Waals surface area (Å²) < 4.78 is 7.23. The number of benzene rings is 2.